The second-order valence-corrected chi connectivity index (χ2v) is 2.01. The number of imidazole rings is 1. The van der Waals surface area contributed by atoms with Crippen LogP contribution in [-0.2, 0) is 0 Å². The molecule has 0 spiro atoms. The highest BCUT2D eigenvalue weighted by Crippen LogP contribution is 2.08. The van der Waals surface area contributed by atoms with E-state index in [0.717, 1.165) is 5.52 Å². The second kappa shape index (κ2) is 1.70. The van der Waals surface area contributed by atoms with Gasteiger partial charge in [-0.3, -0.25) is 0 Å². The smallest absolute Gasteiger partial charge is 0.117 e. The third kappa shape index (κ3) is 0.556. The quantitative estimate of drug-likeness (QED) is 0.564. The highest BCUT2D eigenvalue weighted by atomic mass is 15.2. The Kier molecular flexibility index (Phi) is 0.887. The highest BCUT2D eigenvalue weighted by Gasteiger charge is 1.94. The maximum Gasteiger partial charge on any atom is 0.117 e. The standard InChI is InChI=1S/C6H6N4/c7-5-1-2-9-10-4-8-3-6(5)10/h1-4H,7H2. The fraction of sp³-hybridized carbons (Fsp3) is 0. The minimum Gasteiger partial charge on any atom is -0.397 e. The SMILES string of the molecule is Nc1ccnn2cncc12. The molecule has 0 bridgehead atoms. The summed E-state index contributed by atoms with van der Waals surface area (Å²) in [4.78, 5) is 3.88. The van der Waals surface area contributed by atoms with Gasteiger partial charge >= 0.3 is 0 Å². The Bertz CT molecular complexity index is 351. The van der Waals surface area contributed by atoms with E-state index >= 15 is 0 Å². The molecule has 0 unspecified atom stereocenters. The zero-order valence-electron chi connectivity index (χ0n) is 5.23. The van der Waals surface area contributed by atoms with Crippen molar-refractivity contribution in [2.75, 3.05) is 5.73 Å². The fourth-order valence-electron chi connectivity index (χ4n) is 0.858. The van der Waals surface area contributed by atoms with Gasteiger partial charge in [-0.2, -0.15) is 5.10 Å². The van der Waals surface area contributed by atoms with Crippen LogP contribution in [0, 0.1) is 0 Å². The Hall–Kier alpha value is -1.58. The molecular weight excluding hydrogens is 128 g/mol. The maximum atomic E-state index is 5.60. The van der Waals surface area contributed by atoms with Gasteiger partial charge in [0.15, 0.2) is 0 Å². The van der Waals surface area contributed by atoms with Crippen molar-refractivity contribution in [1.29, 1.82) is 0 Å². The molecule has 2 N–H and O–H groups in total. The predicted molar refractivity (Wildman–Crippen MR) is 37.4 cm³/mol. The molecule has 2 aromatic rings. The molecule has 4 nitrogen and oxygen atoms in total. The van der Waals surface area contributed by atoms with E-state index in [1.165, 1.54) is 0 Å². The van der Waals surface area contributed by atoms with Crippen molar-refractivity contribution < 1.29 is 0 Å². The molecular formula is C6H6N4. The molecule has 2 heterocycles. The molecule has 0 aliphatic heterocycles. The van der Waals surface area contributed by atoms with E-state index in [0.29, 0.717) is 5.69 Å². The van der Waals surface area contributed by atoms with Gasteiger partial charge in [0.2, 0.25) is 0 Å². The number of hydrogen-bond donors (Lipinski definition) is 1. The summed E-state index contributed by atoms with van der Waals surface area (Å²) in [6.07, 6.45) is 4.94. The molecule has 0 aliphatic rings. The molecule has 4 heteroatoms. The first-order valence-corrected chi connectivity index (χ1v) is 2.91. The Labute approximate surface area is 57.3 Å². The molecule has 0 saturated carbocycles. The van der Waals surface area contributed by atoms with Crippen LogP contribution in [0.2, 0.25) is 0 Å². The lowest BCUT2D eigenvalue weighted by atomic mass is 10.4. The normalized spacial score (nSPS) is 10.4. The molecule has 0 atom stereocenters. The second-order valence-electron chi connectivity index (χ2n) is 2.01. The third-order valence-corrected chi connectivity index (χ3v) is 1.36. The number of anilines is 1. The minimum absolute atomic E-state index is 0.701. The average molecular weight is 134 g/mol. The van der Waals surface area contributed by atoms with Crippen LogP contribution >= 0.6 is 0 Å². The van der Waals surface area contributed by atoms with Crippen molar-refractivity contribution in [3.63, 3.8) is 0 Å². The number of nitrogen functional groups attached to an aromatic ring is 1. The first-order chi connectivity index (χ1) is 4.88. The van der Waals surface area contributed by atoms with Gasteiger partial charge in [0, 0.05) is 0 Å². The molecule has 10 heavy (non-hydrogen) atoms. The van der Waals surface area contributed by atoms with Gasteiger partial charge in [-0.25, -0.2) is 9.50 Å². The van der Waals surface area contributed by atoms with Gasteiger partial charge < -0.3 is 5.73 Å². The summed E-state index contributed by atoms with van der Waals surface area (Å²) in [6, 6.07) is 1.75. The number of rotatable bonds is 0. The zero-order chi connectivity index (χ0) is 6.97. The highest BCUT2D eigenvalue weighted by molar-refractivity contribution is 5.66. The van der Waals surface area contributed by atoms with E-state index in [1.54, 1.807) is 29.3 Å². The number of fused-ring (bicyclic) bond motifs is 1. The van der Waals surface area contributed by atoms with Crippen LogP contribution < -0.4 is 5.73 Å². The van der Waals surface area contributed by atoms with Crippen LogP contribution in [0.5, 0.6) is 0 Å². The van der Waals surface area contributed by atoms with Gasteiger partial charge in [-0.15, -0.1) is 0 Å². The monoisotopic (exact) mass is 134 g/mol. The van der Waals surface area contributed by atoms with Crippen LogP contribution in [-0.4, -0.2) is 14.6 Å². The van der Waals surface area contributed by atoms with Gasteiger partial charge in [0.1, 0.15) is 11.8 Å². The summed E-state index contributed by atoms with van der Waals surface area (Å²) in [5.41, 5.74) is 7.15. The molecule has 0 fully saturated rings. The molecule has 0 radical (unpaired) electrons. The van der Waals surface area contributed by atoms with Gasteiger partial charge in [-0.05, 0) is 6.07 Å². The van der Waals surface area contributed by atoms with Crippen molar-refractivity contribution in [2.24, 2.45) is 0 Å². The molecule has 2 aromatic heterocycles. The Balaban J connectivity index is 2.95. The number of nitrogens with zero attached hydrogens (tertiary/aromatic N) is 3. The third-order valence-electron chi connectivity index (χ3n) is 1.36. The fourth-order valence-corrected chi connectivity index (χ4v) is 0.858. The van der Waals surface area contributed by atoms with Crippen molar-refractivity contribution in [3.05, 3.63) is 24.8 Å². The van der Waals surface area contributed by atoms with Crippen LogP contribution in [0.3, 0.4) is 0 Å². The van der Waals surface area contributed by atoms with Crippen molar-refractivity contribution in [3.8, 4) is 0 Å². The van der Waals surface area contributed by atoms with Crippen molar-refractivity contribution >= 4 is 11.2 Å². The lowest BCUT2D eigenvalue weighted by molar-refractivity contribution is 0.928. The number of nitrogens with two attached hydrogens (primary N) is 1. The van der Waals surface area contributed by atoms with E-state index < -0.39 is 0 Å². The Morgan fingerprint density at radius 2 is 2.40 bits per heavy atom. The Morgan fingerprint density at radius 1 is 1.50 bits per heavy atom. The van der Waals surface area contributed by atoms with E-state index in [2.05, 4.69) is 10.1 Å². The van der Waals surface area contributed by atoms with Gasteiger partial charge in [-0.1, -0.05) is 0 Å². The molecule has 50 valence electrons. The van der Waals surface area contributed by atoms with Gasteiger partial charge in [0.05, 0.1) is 18.1 Å². The molecule has 0 aliphatic carbocycles. The summed E-state index contributed by atoms with van der Waals surface area (Å²) < 4.78 is 1.63. The summed E-state index contributed by atoms with van der Waals surface area (Å²) in [7, 11) is 0. The zero-order valence-corrected chi connectivity index (χ0v) is 5.23. The maximum absolute atomic E-state index is 5.60. The summed E-state index contributed by atoms with van der Waals surface area (Å²) >= 11 is 0. The number of hydrogen-bond acceptors (Lipinski definition) is 3. The first-order valence-electron chi connectivity index (χ1n) is 2.91. The van der Waals surface area contributed by atoms with Gasteiger partial charge in [0.25, 0.3) is 0 Å². The largest absolute Gasteiger partial charge is 0.397 e. The van der Waals surface area contributed by atoms with Crippen molar-refractivity contribution in [1.82, 2.24) is 14.6 Å². The van der Waals surface area contributed by atoms with Crippen molar-refractivity contribution in [2.45, 2.75) is 0 Å². The first kappa shape index (κ1) is 5.22. The van der Waals surface area contributed by atoms with Crippen LogP contribution in [0.4, 0.5) is 5.69 Å². The molecule has 0 amide bonds. The predicted octanol–water partition coefficient (Wildman–Crippen LogP) is 0.311. The molecule has 2 rings (SSSR count). The van der Waals surface area contributed by atoms with Crippen LogP contribution in [0.25, 0.3) is 5.52 Å². The molecule has 0 aromatic carbocycles. The van der Waals surface area contributed by atoms with E-state index in [4.69, 9.17) is 5.73 Å². The van der Waals surface area contributed by atoms with E-state index in [1.807, 2.05) is 0 Å². The van der Waals surface area contributed by atoms with E-state index in [-0.39, 0.29) is 0 Å². The summed E-state index contributed by atoms with van der Waals surface area (Å²) in [6.45, 7) is 0. The lowest BCUT2D eigenvalue weighted by Gasteiger charge is -1.93. The lowest BCUT2D eigenvalue weighted by Crippen LogP contribution is -1.92. The average Bonchev–Trinajstić information content (AvgIpc) is 2.36. The van der Waals surface area contributed by atoms with Crippen LogP contribution in [0.1, 0.15) is 0 Å². The summed E-state index contributed by atoms with van der Waals surface area (Å²) in [5.74, 6) is 0. The molecule has 0 saturated heterocycles. The van der Waals surface area contributed by atoms with E-state index in [9.17, 15) is 0 Å². The topological polar surface area (TPSA) is 56.2 Å². The number of aromatic nitrogens is 3. The Morgan fingerprint density at radius 3 is 3.20 bits per heavy atom. The summed E-state index contributed by atoms with van der Waals surface area (Å²) in [5, 5.41) is 3.98. The minimum atomic E-state index is 0.701. The van der Waals surface area contributed by atoms with Crippen LogP contribution in [0.15, 0.2) is 24.8 Å².